The molecule has 2 aliphatic carbocycles. The minimum atomic E-state index is 0.613. The number of nitrogens with zero attached hydrogens (tertiary/aromatic N) is 2. The molecule has 3 heteroatoms. The van der Waals surface area contributed by atoms with E-state index in [-0.39, 0.29) is 0 Å². The van der Waals surface area contributed by atoms with Crippen LogP contribution in [-0.2, 0) is 0 Å². The molecule has 3 nitrogen and oxygen atoms in total. The van der Waals surface area contributed by atoms with Gasteiger partial charge >= 0.3 is 0 Å². The van der Waals surface area contributed by atoms with Gasteiger partial charge in [-0.2, -0.15) is 0 Å². The van der Waals surface area contributed by atoms with Gasteiger partial charge in [-0.05, 0) is 49.1 Å². The van der Waals surface area contributed by atoms with Crippen LogP contribution in [0.4, 0.5) is 11.6 Å². The topological polar surface area (TPSA) is 42.1 Å². The molecule has 2 aliphatic rings. The van der Waals surface area contributed by atoms with Gasteiger partial charge < -0.3 is 10.6 Å². The SMILES string of the molecule is CN(CC1CC2CCC1C2)c1cccc(N)n1. The molecule has 3 unspecified atom stereocenters. The number of hydrogen-bond donors (Lipinski definition) is 1. The van der Waals surface area contributed by atoms with Crippen molar-refractivity contribution in [2.45, 2.75) is 25.7 Å². The van der Waals surface area contributed by atoms with E-state index in [9.17, 15) is 0 Å². The fourth-order valence-corrected chi connectivity index (χ4v) is 3.70. The van der Waals surface area contributed by atoms with Gasteiger partial charge in [0.25, 0.3) is 0 Å². The van der Waals surface area contributed by atoms with E-state index >= 15 is 0 Å². The van der Waals surface area contributed by atoms with Crippen LogP contribution in [0.25, 0.3) is 0 Å². The number of aromatic nitrogens is 1. The van der Waals surface area contributed by atoms with Gasteiger partial charge in [-0.1, -0.05) is 12.5 Å². The summed E-state index contributed by atoms with van der Waals surface area (Å²) in [7, 11) is 2.13. The number of pyridine rings is 1. The lowest BCUT2D eigenvalue weighted by atomic mass is 9.88. The van der Waals surface area contributed by atoms with Crippen molar-refractivity contribution in [1.29, 1.82) is 0 Å². The molecule has 0 spiro atoms. The van der Waals surface area contributed by atoms with Crippen LogP contribution < -0.4 is 10.6 Å². The van der Waals surface area contributed by atoms with Crippen molar-refractivity contribution in [2.24, 2.45) is 17.8 Å². The minimum absolute atomic E-state index is 0.613. The van der Waals surface area contributed by atoms with Crippen LogP contribution in [0.1, 0.15) is 25.7 Å². The second kappa shape index (κ2) is 4.21. The second-order valence-electron chi connectivity index (χ2n) is 5.74. The Labute approximate surface area is 103 Å². The average molecular weight is 231 g/mol. The van der Waals surface area contributed by atoms with Gasteiger partial charge in [-0.25, -0.2) is 4.98 Å². The smallest absolute Gasteiger partial charge is 0.130 e. The number of hydrogen-bond acceptors (Lipinski definition) is 3. The Morgan fingerprint density at radius 1 is 1.35 bits per heavy atom. The summed E-state index contributed by atoms with van der Waals surface area (Å²) in [5, 5.41) is 0. The summed E-state index contributed by atoms with van der Waals surface area (Å²) in [6, 6.07) is 5.87. The number of rotatable bonds is 3. The third-order valence-corrected chi connectivity index (χ3v) is 4.54. The predicted octanol–water partition coefficient (Wildman–Crippen LogP) is 2.54. The average Bonchev–Trinajstić information content (AvgIpc) is 2.91. The van der Waals surface area contributed by atoms with E-state index in [4.69, 9.17) is 5.73 Å². The summed E-state index contributed by atoms with van der Waals surface area (Å²) in [6.45, 7) is 1.14. The Morgan fingerprint density at radius 2 is 2.24 bits per heavy atom. The molecule has 0 amide bonds. The van der Waals surface area contributed by atoms with Gasteiger partial charge in [0.2, 0.25) is 0 Å². The van der Waals surface area contributed by atoms with E-state index in [1.807, 2.05) is 18.2 Å². The number of nitrogens with two attached hydrogens (primary N) is 1. The molecular formula is C14H21N3. The van der Waals surface area contributed by atoms with Crippen LogP contribution >= 0.6 is 0 Å². The Morgan fingerprint density at radius 3 is 2.88 bits per heavy atom. The molecule has 0 saturated heterocycles. The van der Waals surface area contributed by atoms with Crippen molar-refractivity contribution in [3.63, 3.8) is 0 Å². The molecule has 0 aliphatic heterocycles. The van der Waals surface area contributed by atoms with Gasteiger partial charge in [0.05, 0.1) is 0 Å². The first-order valence-corrected chi connectivity index (χ1v) is 6.66. The highest BCUT2D eigenvalue weighted by Crippen LogP contribution is 2.48. The van der Waals surface area contributed by atoms with Crippen molar-refractivity contribution >= 4 is 11.6 Å². The molecule has 2 bridgehead atoms. The highest BCUT2D eigenvalue weighted by atomic mass is 15.2. The molecule has 3 rings (SSSR count). The fourth-order valence-electron chi connectivity index (χ4n) is 3.70. The molecular weight excluding hydrogens is 210 g/mol. The normalized spacial score (nSPS) is 30.8. The van der Waals surface area contributed by atoms with Crippen molar-refractivity contribution in [3.05, 3.63) is 18.2 Å². The summed E-state index contributed by atoms with van der Waals surface area (Å²) >= 11 is 0. The highest BCUT2D eigenvalue weighted by Gasteiger charge is 2.39. The first-order valence-electron chi connectivity index (χ1n) is 6.66. The van der Waals surface area contributed by atoms with E-state index in [1.165, 1.54) is 25.7 Å². The van der Waals surface area contributed by atoms with Crippen LogP contribution in [0.15, 0.2) is 18.2 Å². The lowest BCUT2D eigenvalue weighted by Gasteiger charge is -2.27. The van der Waals surface area contributed by atoms with Gasteiger partial charge in [-0.15, -0.1) is 0 Å². The van der Waals surface area contributed by atoms with Crippen molar-refractivity contribution < 1.29 is 0 Å². The van der Waals surface area contributed by atoms with Gasteiger partial charge in [0, 0.05) is 13.6 Å². The van der Waals surface area contributed by atoms with Gasteiger partial charge in [0.1, 0.15) is 11.6 Å². The zero-order valence-electron chi connectivity index (χ0n) is 10.5. The minimum Gasteiger partial charge on any atom is -0.384 e. The summed E-state index contributed by atoms with van der Waals surface area (Å²) in [5.41, 5.74) is 5.73. The van der Waals surface area contributed by atoms with Crippen LogP contribution in [-0.4, -0.2) is 18.6 Å². The van der Waals surface area contributed by atoms with Crippen LogP contribution in [0, 0.1) is 17.8 Å². The maximum atomic E-state index is 5.73. The lowest BCUT2D eigenvalue weighted by Crippen LogP contribution is -2.29. The molecule has 3 atom stereocenters. The van der Waals surface area contributed by atoms with E-state index in [1.54, 1.807) is 0 Å². The molecule has 2 fully saturated rings. The third kappa shape index (κ3) is 2.11. The number of fused-ring (bicyclic) bond motifs is 2. The molecule has 0 radical (unpaired) electrons. The Bertz CT molecular complexity index is 404. The quantitative estimate of drug-likeness (QED) is 0.869. The molecule has 17 heavy (non-hydrogen) atoms. The van der Waals surface area contributed by atoms with Gasteiger partial charge in [-0.3, -0.25) is 0 Å². The highest BCUT2D eigenvalue weighted by molar-refractivity contribution is 5.44. The maximum Gasteiger partial charge on any atom is 0.130 e. The van der Waals surface area contributed by atoms with E-state index < -0.39 is 0 Å². The van der Waals surface area contributed by atoms with E-state index in [0.717, 1.165) is 30.1 Å². The third-order valence-electron chi connectivity index (χ3n) is 4.54. The lowest BCUT2D eigenvalue weighted by molar-refractivity contribution is 0.337. The van der Waals surface area contributed by atoms with Crippen LogP contribution in [0.2, 0.25) is 0 Å². The maximum absolute atomic E-state index is 5.73. The van der Waals surface area contributed by atoms with Crippen molar-refractivity contribution in [1.82, 2.24) is 4.98 Å². The molecule has 92 valence electrons. The first kappa shape index (κ1) is 10.9. The molecule has 2 saturated carbocycles. The fraction of sp³-hybridized carbons (Fsp3) is 0.643. The molecule has 2 N–H and O–H groups in total. The Kier molecular flexibility index (Phi) is 2.69. The zero-order chi connectivity index (χ0) is 11.8. The van der Waals surface area contributed by atoms with Crippen molar-refractivity contribution in [2.75, 3.05) is 24.2 Å². The summed E-state index contributed by atoms with van der Waals surface area (Å²) in [4.78, 5) is 6.65. The summed E-state index contributed by atoms with van der Waals surface area (Å²) < 4.78 is 0. The largest absolute Gasteiger partial charge is 0.384 e. The molecule has 1 aromatic heterocycles. The van der Waals surface area contributed by atoms with Gasteiger partial charge in [0.15, 0.2) is 0 Å². The monoisotopic (exact) mass is 231 g/mol. The van der Waals surface area contributed by atoms with E-state index in [2.05, 4.69) is 16.9 Å². The standard InChI is InChI=1S/C14H21N3/c1-17(14-4-2-3-13(15)16-14)9-12-8-10-5-6-11(12)7-10/h2-4,10-12H,5-9H2,1H3,(H2,15,16). The van der Waals surface area contributed by atoms with Crippen LogP contribution in [0.3, 0.4) is 0 Å². The number of anilines is 2. The number of nitrogen functional groups attached to an aromatic ring is 1. The summed E-state index contributed by atoms with van der Waals surface area (Å²) in [5.74, 6) is 4.49. The van der Waals surface area contributed by atoms with E-state index in [0.29, 0.717) is 5.82 Å². The molecule has 1 heterocycles. The molecule has 0 aromatic carbocycles. The van der Waals surface area contributed by atoms with Crippen molar-refractivity contribution in [3.8, 4) is 0 Å². The summed E-state index contributed by atoms with van der Waals surface area (Å²) in [6.07, 6.45) is 5.83. The Balaban J connectivity index is 1.65. The first-order chi connectivity index (χ1) is 8.22. The Hall–Kier alpha value is -1.25. The molecule has 1 aromatic rings. The second-order valence-corrected chi connectivity index (χ2v) is 5.74. The predicted molar refractivity (Wildman–Crippen MR) is 70.9 cm³/mol. The zero-order valence-corrected chi connectivity index (χ0v) is 10.5. The van der Waals surface area contributed by atoms with Crippen LogP contribution in [0.5, 0.6) is 0 Å².